The Balaban J connectivity index is 2.02. The van der Waals surface area contributed by atoms with Gasteiger partial charge in [-0.05, 0) is 43.9 Å². The summed E-state index contributed by atoms with van der Waals surface area (Å²) in [5.74, 6) is 0.891. The van der Waals surface area contributed by atoms with E-state index in [2.05, 4.69) is 37.9 Å². The van der Waals surface area contributed by atoms with Crippen LogP contribution < -0.4 is 5.32 Å². The Bertz CT molecular complexity index is 292. The second-order valence-electron chi connectivity index (χ2n) is 8.41. The smallest absolute Gasteiger partial charge is 0.00673 e. The van der Waals surface area contributed by atoms with E-state index in [1.165, 1.54) is 71.0 Å². The van der Waals surface area contributed by atoms with Gasteiger partial charge < -0.3 is 5.32 Å². The Morgan fingerprint density at radius 2 is 1.71 bits per heavy atom. The zero-order valence-electron chi connectivity index (χ0n) is 15.0. The standard InChI is InChI=1S/C19H38N2/c1-16(2)20-14-19(11-7-5-6-8-12-19)15-21-13-17(3)9-10-18(21)4/h16-18,20H,5-15H2,1-4H3. The highest BCUT2D eigenvalue weighted by atomic mass is 15.2. The van der Waals surface area contributed by atoms with E-state index in [1.807, 2.05) is 0 Å². The molecule has 2 atom stereocenters. The summed E-state index contributed by atoms with van der Waals surface area (Å²) in [7, 11) is 0. The van der Waals surface area contributed by atoms with Gasteiger partial charge in [-0.15, -0.1) is 0 Å². The zero-order valence-corrected chi connectivity index (χ0v) is 15.0. The van der Waals surface area contributed by atoms with Crippen LogP contribution in [0.1, 0.15) is 79.1 Å². The molecule has 124 valence electrons. The second kappa shape index (κ2) is 7.97. The van der Waals surface area contributed by atoms with E-state index in [1.54, 1.807) is 0 Å². The predicted octanol–water partition coefficient (Wildman–Crippen LogP) is 4.45. The largest absolute Gasteiger partial charge is 0.314 e. The van der Waals surface area contributed by atoms with Crippen LogP contribution in [0.15, 0.2) is 0 Å². The SMILES string of the molecule is CC1CCC(C)N(CC2(CNC(C)C)CCCCCC2)C1. The molecule has 21 heavy (non-hydrogen) atoms. The van der Waals surface area contributed by atoms with Crippen molar-refractivity contribution in [1.29, 1.82) is 0 Å². The molecule has 1 aliphatic carbocycles. The minimum atomic E-state index is 0.534. The number of likely N-dealkylation sites (tertiary alicyclic amines) is 1. The summed E-state index contributed by atoms with van der Waals surface area (Å²) < 4.78 is 0. The molecule has 1 aliphatic heterocycles. The first-order chi connectivity index (χ1) is 10.0. The number of rotatable bonds is 5. The van der Waals surface area contributed by atoms with Crippen molar-refractivity contribution >= 4 is 0 Å². The van der Waals surface area contributed by atoms with Gasteiger partial charge in [0.05, 0.1) is 0 Å². The van der Waals surface area contributed by atoms with Gasteiger partial charge in [0, 0.05) is 31.7 Å². The van der Waals surface area contributed by atoms with Gasteiger partial charge in [-0.1, -0.05) is 46.5 Å². The van der Waals surface area contributed by atoms with Crippen molar-refractivity contribution in [3.63, 3.8) is 0 Å². The first kappa shape index (κ1) is 17.3. The van der Waals surface area contributed by atoms with E-state index >= 15 is 0 Å². The molecule has 2 nitrogen and oxygen atoms in total. The van der Waals surface area contributed by atoms with Gasteiger partial charge in [-0.3, -0.25) is 4.90 Å². The Kier molecular flexibility index (Phi) is 6.55. The van der Waals surface area contributed by atoms with E-state index in [4.69, 9.17) is 0 Å². The first-order valence-electron chi connectivity index (χ1n) is 9.48. The molecule has 2 heteroatoms. The summed E-state index contributed by atoms with van der Waals surface area (Å²) in [5.41, 5.74) is 0.534. The van der Waals surface area contributed by atoms with Crippen molar-refractivity contribution in [1.82, 2.24) is 10.2 Å². The molecule has 0 bridgehead atoms. The molecule has 0 aromatic carbocycles. The summed E-state index contributed by atoms with van der Waals surface area (Å²) in [6.07, 6.45) is 11.5. The zero-order chi connectivity index (χ0) is 15.3. The minimum absolute atomic E-state index is 0.534. The van der Waals surface area contributed by atoms with Crippen LogP contribution in [0.4, 0.5) is 0 Å². The Morgan fingerprint density at radius 1 is 1.05 bits per heavy atom. The third kappa shape index (κ3) is 5.25. The molecule has 1 N–H and O–H groups in total. The van der Waals surface area contributed by atoms with Crippen LogP contribution in [0.3, 0.4) is 0 Å². The number of nitrogens with one attached hydrogen (secondary N) is 1. The highest BCUT2D eigenvalue weighted by Crippen LogP contribution is 2.37. The van der Waals surface area contributed by atoms with E-state index in [9.17, 15) is 0 Å². The first-order valence-corrected chi connectivity index (χ1v) is 9.48. The quantitative estimate of drug-likeness (QED) is 0.754. The number of hydrogen-bond acceptors (Lipinski definition) is 2. The van der Waals surface area contributed by atoms with E-state index < -0.39 is 0 Å². The van der Waals surface area contributed by atoms with Crippen molar-refractivity contribution in [3.05, 3.63) is 0 Å². The van der Waals surface area contributed by atoms with Crippen LogP contribution in [0.5, 0.6) is 0 Å². The maximum Gasteiger partial charge on any atom is 0.00673 e. The van der Waals surface area contributed by atoms with Crippen molar-refractivity contribution < 1.29 is 0 Å². The number of nitrogens with zero attached hydrogens (tertiary/aromatic N) is 1. The molecule has 0 radical (unpaired) electrons. The fraction of sp³-hybridized carbons (Fsp3) is 1.00. The number of piperidine rings is 1. The molecule has 1 saturated carbocycles. The van der Waals surface area contributed by atoms with E-state index in [0.717, 1.165) is 12.0 Å². The molecule has 2 unspecified atom stereocenters. The lowest BCUT2D eigenvalue weighted by molar-refractivity contribution is 0.0559. The van der Waals surface area contributed by atoms with Gasteiger partial charge in [0.25, 0.3) is 0 Å². The van der Waals surface area contributed by atoms with Crippen LogP contribution in [0, 0.1) is 11.3 Å². The Morgan fingerprint density at radius 3 is 2.33 bits per heavy atom. The van der Waals surface area contributed by atoms with E-state index in [0.29, 0.717) is 11.5 Å². The topological polar surface area (TPSA) is 15.3 Å². The summed E-state index contributed by atoms with van der Waals surface area (Å²) >= 11 is 0. The highest BCUT2D eigenvalue weighted by Gasteiger charge is 2.35. The van der Waals surface area contributed by atoms with Crippen LogP contribution in [0.2, 0.25) is 0 Å². The maximum atomic E-state index is 3.77. The summed E-state index contributed by atoms with van der Waals surface area (Å²) in [5, 5.41) is 3.77. The molecule has 0 aromatic heterocycles. The molecule has 0 spiro atoms. The average molecular weight is 295 g/mol. The second-order valence-corrected chi connectivity index (χ2v) is 8.41. The van der Waals surface area contributed by atoms with Gasteiger partial charge in [0.2, 0.25) is 0 Å². The van der Waals surface area contributed by atoms with Gasteiger partial charge in [-0.2, -0.15) is 0 Å². The van der Waals surface area contributed by atoms with Crippen molar-refractivity contribution in [2.45, 2.75) is 91.1 Å². The molecule has 2 fully saturated rings. The Labute approximate surface area is 133 Å². The van der Waals surface area contributed by atoms with Crippen LogP contribution in [-0.2, 0) is 0 Å². The maximum absolute atomic E-state index is 3.77. The third-order valence-corrected chi connectivity index (χ3v) is 5.83. The monoisotopic (exact) mass is 294 g/mol. The highest BCUT2D eigenvalue weighted by molar-refractivity contribution is 4.90. The van der Waals surface area contributed by atoms with E-state index in [-0.39, 0.29) is 0 Å². The fourth-order valence-electron chi connectivity index (χ4n) is 4.32. The van der Waals surface area contributed by atoms with Crippen molar-refractivity contribution in [3.8, 4) is 0 Å². The van der Waals surface area contributed by atoms with Crippen LogP contribution in [0.25, 0.3) is 0 Å². The number of hydrogen-bond donors (Lipinski definition) is 1. The normalized spacial score (nSPS) is 31.3. The lowest BCUT2D eigenvalue weighted by Crippen LogP contribution is -2.50. The molecular weight excluding hydrogens is 256 g/mol. The fourth-order valence-corrected chi connectivity index (χ4v) is 4.32. The molecule has 2 aliphatic rings. The summed E-state index contributed by atoms with van der Waals surface area (Å²) in [4.78, 5) is 2.82. The molecule has 2 rings (SSSR count). The van der Waals surface area contributed by atoms with Gasteiger partial charge in [-0.25, -0.2) is 0 Å². The molecule has 1 heterocycles. The van der Waals surface area contributed by atoms with Crippen LogP contribution >= 0.6 is 0 Å². The van der Waals surface area contributed by atoms with Gasteiger partial charge >= 0.3 is 0 Å². The average Bonchev–Trinajstić information content (AvgIpc) is 2.67. The molecular formula is C19H38N2. The minimum Gasteiger partial charge on any atom is -0.314 e. The molecule has 1 saturated heterocycles. The van der Waals surface area contributed by atoms with Crippen molar-refractivity contribution in [2.24, 2.45) is 11.3 Å². The third-order valence-electron chi connectivity index (χ3n) is 5.83. The Hall–Kier alpha value is -0.0800. The lowest BCUT2D eigenvalue weighted by atomic mass is 9.78. The van der Waals surface area contributed by atoms with Crippen LogP contribution in [-0.4, -0.2) is 36.6 Å². The molecule has 0 amide bonds. The van der Waals surface area contributed by atoms with Gasteiger partial charge in [0.15, 0.2) is 0 Å². The predicted molar refractivity (Wildman–Crippen MR) is 92.7 cm³/mol. The van der Waals surface area contributed by atoms with Crippen molar-refractivity contribution in [2.75, 3.05) is 19.6 Å². The lowest BCUT2D eigenvalue weighted by Gasteiger charge is -2.44. The summed E-state index contributed by atoms with van der Waals surface area (Å²) in [6.45, 7) is 13.3. The molecule has 0 aromatic rings. The summed E-state index contributed by atoms with van der Waals surface area (Å²) in [6, 6.07) is 1.41. The van der Waals surface area contributed by atoms with Gasteiger partial charge in [0.1, 0.15) is 0 Å².